The Bertz CT molecular complexity index is 838. The third-order valence-corrected chi connectivity index (χ3v) is 4.30. The summed E-state index contributed by atoms with van der Waals surface area (Å²) < 4.78 is 0. The lowest BCUT2D eigenvalue weighted by molar-refractivity contribution is 0.102. The Labute approximate surface area is 141 Å². The van der Waals surface area contributed by atoms with E-state index >= 15 is 0 Å². The summed E-state index contributed by atoms with van der Waals surface area (Å²) in [6.45, 7) is 5.76. The Kier molecular flexibility index (Phi) is 4.21. The van der Waals surface area contributed by atoms with Crippen LogP contribution >= 0.6 is 0 Å². The number of aryl methyl sites for hydroxylation is 2. The van der Waals surface area contributed by atoms with Crippen LogP contribution in [-0.4, -0.2) is 11.8 Å². The lowest BCUT2D eigenvalue weighted by Gasteiger charge is -2.30. The molecule has 0 radical (unpaired) electrons. The molecule has 0 fully saturated rings. The number of hydrogen-bond donors (Lipinski definition) is 2. The van der Waals surface area contributed by atoms with E-state index in [4.69, 9.17) is 0 Å². The van der Waals surface area contributed by atoms with Crippen LogP contribution in [0.3, 0.4) is 0 Å². The zero-order valence-electron chi connectivity index (χ0n) is 14.0. The summed E-state index contributed by atoms with van der Waals surface area (Å²) in [6, 6.07) is 14.5. The van der Waals surface area contributed by atoms with Crippen LogP contribution < -0.4 is 10.6 Å². The van der Waals surface area contributed by atoms with Crippen molar-refractivity contribution in [3.63, 3.8) is 0 Å². The Morgan fingerprint density at radius 3 is 2.42 bits per heavy atom. The molecule has 3 rings (SSSR count). The first-order valence-corrected chi connectivity index (χ1v) is 7.92. The highest BCUT2D eigenvalue weighted by atomic mass is 16.2. The van der Waals surface area contributed by atoms with Gasteiger partial charge >= 0.3 is 6.03 Å². The predicted octanol–water partition coefficient (Wildman–Crippen LogP) is 3.81. The number of Topliss-reactive ketones (excluding diaryl/α,β-unsaturated/α-hetero) is 1. The average molecular weight is 320 g/mol. The van der Waals surface area contributed by atoms with Gasteiger partial charge in [0.15, 0.2) is 5.78 Å². The molecule has 1 aliphatic rings. The molecule has 2 aromatic carbocycles. The third-order valence-electron chi connectivity index (χ3n) is 4.30. The summed E-state index contributed by atoms with van der Waals surface area (Å²) in [7, 11) is 0. The first kappa shape index (κ1) is 16.0. The van der Waals surface area contributed by atoms with Crippen molar-refractivity contribution >= 4 is 11.8 Å². The van der Waals surface area contributed by atoms with E-state index in [-0.39, 0.29) is 11.8 Å². The highest BCUT2D eigenvalue weighted by molar-refractivity contribution is 6.11. The number of rotatable bonds is 3. The van der Waals surface area contributed by atoms with Crippen molar-refractivity contribution in [2.45, 2.75) is 26.8 Å². The predicted molar refractivity (Wildman–Crippen MR) is 93.8 cm³/mol. The minimum absolute atomic E-state index is 0.0773. The molecule has 0 aliphatic carbocycles. The van der Waals surface area contributed by atoms with Gasteiger partial charge in [-0.15, -0.1) is 0 Å². The maximum absolute atomic E-state index is 13.0. The van der Waals surface area contributed by atoms with Crippen molar-refractivity contribution < 1.29 is 9.59 Å². The van der Waals surface area contributed by atoms with Crippen molar-refractivity contribution in [1.82, 2.24) is 10.6 Å². The smallest absolute Gasteiger partial charge is 0.319 e. The number of carbonyl (C=O) groups is 2. The van der Waals surface area contributed by atoms with Crippen LogP contribution in [0.25, 0.3) is 0 Å². The quantitative estimate of drug-likeness (QED) is 0.845. The highest BCUT2D eigenvalue weighted by Crippen LogP contribution is 2.31. The highest BCUT2D eigenvalue weighted by Gasteiger charge is 2.32. The molecule has 0 aromatic heterocycles. The second-order valence-electron chi connectivity index (χ2n) is 6.13. The van der Waals surface area contributed by atoms with Crippen molar-refractivity contribution in [3.05, 3.63) is 82.1 Å². The van der Waals surface area contributed by atoms with Gasteiger partial charge in [0.05, 0.1) is 6.04 Å². The van der Waals surface area contributed by atoms with Gasteiger partial charge in [-0.1, -0.05) is 54.1 Å². The van der Waals surface area contributed by atoms with Gasteiger partial charge in [0.1, 0.15) is 0 Å². The molecular formula is C20H20N2O2. The van der Waals surface area contributed by atoms with Gasteiger partial charge < -0.3 is 10.6 Å². The van der Waals surface area contributed by atoms with Crippen LogP contribution in [0.5, 0.6) is 0 Å². The number of hydrogen-bond acceptors (Lipinski definition) is 2. The molecule has 4 nitrogen and oxygen atoms in total. The number of nitrogens with one attached hydrogen (secondary N) is 2. The Hall–Kier alpha value is -2.88. The van der Waals surface area contributed by atoms with E-state index in [1.807, 2.05) is 50.2 Å². The lowest BCUT2D eigenvalue weighted by atomic mass is 9.87. The maximum Gasteiger partial charge on any atom is 0.319 e. The number of amides is 2. The van der Waals surface area contributed by atoms with Gasteiger partial charge in [0.2, 0.25) is 0 Å². The summed E-state index contributed by atoms with van der Waals surface area (Å²) in [6.07, 6.45) is 0. The summed E-state index contributed by atoms with van der Waals surface area (Å²) >= 11 is 0. The van der Waals surface area contributed by atoms with E-state index in [9.17, 15) is 9.59 Å². The normalized spacial score (nSPS) is 17.3. The molecule has 2 aromatic rings. The fourth-order valence-corrected chi connectivity index (χ4v) is 3.04. The molecule has 1 unspecified atom stereocenters. The average Bonchev–Trinajstić information content (AvgIpc) is 2.56. The van der Waals surface area contributed by atoms with Gasteiger partial charge in [0.25, 0.3) is 0 Å². The van der Waals surface area contributed by atoms with E-state index in [0.717, 1.165) is 16.7 Å². The summed E-state index contributed by atoms with van der Waals surface area (Å²) in [5, 5.41) is 5.63. The minimum atomic E-state index is -0.452. The van der Waals surface area contributed by atoms with Gasteiger partial charge in [-0.2, -0.15) is 0 Å². The van der Waals surface area contributed by atoms with E-state index < -0.39 is 6.04 Å². The monoisotopic (exact) mass is 320 g/mol. The minimum Gasteiger partial charge on any atom is -0.327 e. The molecule has 0 saturated carbocycles. The van der Waals surface area contributed by atoms with Crippen LogP contribution in [-0.2, 0) is 0 Å². The third kappa shape index (κ3) is 2.95. The molecule has 24 heavy (non-hydrogen) atoms. The molecule has 1 heterocycles. The number of carbonyl (C=O) groups excluding carboxylic acids is 2. The van der Waals surface area contributed by atoms with Crippen LogP contribution in [0.4, 0.5) is 4.79 Å². The second-order valence-corrected chi connectivity index (χ2v) is 6.13. The van der Waals surface area contributed by atoms with Crippen molar-refractivity contribution in [1.29, 1.82) is 0 Å². The van der Waals surface area contributed by atoms with Crippen LogP contribution in [0.2, 0.25) is 0 Å². The number of allylic oxidation sites excluding steroid dienone is 1. The largest absolute Gasteiger partial charge is 0.327 e. The summed E-state index contributed by atoms with van der Waals surface area (Å²) in [4.78, 5) is 25.0. The van der Waals surface area contributed by atoms with E-state index in [1.54, 1.807) is 19.1 Å². The number of ketones is 1. The van der Waals surface area contributed by atoms with Crippen LogP contribution in [0.1, 0.15) is 40.0 Å². The Balaban J connectivity index is 2.12. The first-order valence-electron chi connectivity index (χ1n) is 7.92. The molecule has 122 valence electrons. The van der Waals surface area contributed by atoms with Crippen molar-refractivity contribution in [3.8, 4) is 0 Å². The van der Waals surface area contributed by atoms with Crippen molar-refractivity contribution in [2.24, 2.45) is 0 Å². The fraction of sp³-hybridized carbons (Fsp3) is 0.200. The number of urea groups is 1. The molecule has 2 N–H and O–H groups in total. The van der Waals surface area contributed by atoms with Gasteiger partial charge in [-0.3, -0.25) is 4.79 Å². The van der Waals surface area contributed by atoms with Gasteiger partial charge in [-0.05, 0) is 31.9 Å². The van der Waals surface area contributed by atoms with E-state index in [0.29, 0.717) is 16.8 Å². The van der Waals surface area contributed by atoms with Crippen molar-refractivity contribution in [2.75, 3.05) is 0 Å². The van der Waals surface area contributed by atoms with Gasteiger partial charge in [0, 0.05) is 16.8 Å². The van der Waals surface area contributed by atoms with E-state index in [2.05, 4.69) is 10.6 Å². The molecular weight excluding hydrogens is 300 g/mol. The van der Waals surface area contributed by atoms with Gasteiger partial charge in [-0.25, -0.2) is 4.79 Å². The zero-order chi connectivity index (χ0) is 17.3. The molecule has 1 atom stereocenters. The number of benzene rings is 2. The SMILES string of the molecule is CC1=C(C(=O)c2ccccc2)C(c2cc(C)ccc2C)NC(=O)N1. The van der Waals surface area contributed by atoms with E-state index in [1.165, 1.54) is 0 Å². The standard InChI is InChI=1S/C20H20N2O2/c1-12-9-10-13(2)16(11-12)18-17(14(3)21-20(24)22-18)19(23)15-7-5-4-6-8-15/h4-11,18H,1-3H3,(H2,21,22,24). The lowest BCUT2D eigenvalue weighted by Crippen LogP contribution is -2.45. The first-order chi connectivity index (χ1) is 11.5. The van der Waals surface area contributed by atoms with Crippen LogP contribution in [0.15, 0.2) is 59.8 Å². The molecule has 0 saturated heterocycles. The maximum atomic E-state index is 13.0. The summed E-state index contributed by atoms with van der Waals surface area (Å²) in [5.41, 5.74) is 4.86. The van der Waals surface area contributed by atoms with Crippen LogP contribution in [0, 0.1) is 13.8 Å². The topological polar surface area (TPSA) is 58.2 Å². The molecule has 0 bridgehead atoms. The Morgan fingerprint density at radius 2 is 1.71 bits per heavy atom. The Morgan fingerprint density at radius 1 is 1.00 bits per heavy atom. The molecule has 1 aliphatic heterocycles. The second kappa shape index (κ2) is 6.32. The molecule has 2 amide bonds. The zero-order valence-corrected chi connectivity index (χ0v) is 14.0. The molecule has 4 heteroatoms. The fourth-order valence-electron chi connectivity index (χ4n) is 3.04. The summed E-state index contributed by atoms with van der Waals surface area (Å²) in [5.74, 6) is -0.0773. The molecule has 0 spiro atoms.